The van der Waals surface area contributed by atoms with Crippen molar-refractivity contribution in [2.24, 2.45) is 17.3 Å². The quantitative estimate of drug-likeness (QED) is 0.738. The first-order chi connectivity index (χ1) is 7.96. The average molecular weight is 236 g/mol. The Balaban J connectivity index is 2.21. The molecule has 0 saturated heterocycles. The molecule has 2 heteroatoms. The van der Waals surface area contributed by atoms with Gasteiger partial charge in [0.15, 0.2) is 0 Å². The zero-order chi connectivity index (χ0) is 12.9. The van der Waals surface area contributed by atoms with Crippen LogP contribution in [0.1, 0.15) is 59.8 Å². The lowest BCUT2D eigenvalue weighted by atomic mass is 9.78. The van der Waals surface area contributed by atoms with E-state index in [1.807, 2.05) is 13.8 Å². The number of hydrogen-bond donors (Lipinski definition) is 1. The Morgan fingerprint density at radius 1 is 1.29 bits per heavy atom. The Morgan fingerprint density at radius 2 is 2.00 bits per heavy atom. The number of nitrogens with one attached hydrogen (secondary N) is 1. The summed E-state index contributed by atoms with van der Waals surface area (Å²) in [6.45, 7) is 9.86. The second-order valence-electron chi connectivity index (χ2n) is 6.43. The van der Waals surface area contributed by atoms with Gasteiger partial charge in [-0.05, 0) is 51.5 Å². The molecular formula is C15H28N2. The minimum Gasteiger partial charge on any atom is -0.314 e. The minimum atomic E-state index is -0.160. The third-order valence-electron chi connectivity index (χ3n) is 4.39. The molecule has 3 atom stereocenters. The van der Waals surface area contributed by atoms with Crippen LogP contribution in [0, 0.1) is 28.6 Å². The van der Waals surface area contributed by atoms with E-state index in [4.69, 9.17) is 5.26 Å². The molecule has 0 aromatic heterocycles. The van der Waals surface area contributed by atoms with Gasteiger partial charge in [-0.3, -0.25) is 0 Å². The number of hydrogen-bond acceptors (Lipinski definition) is 2. The summed E-state index contributed by atoms with van der Waals surface area (Å²) < 4.78 is 0. The first-order valence-electron chi connectivity index (χ1n) is 7.11. The predicted molar refractivity (Wildman–Crippen MR) is 72.6 cm³/mol. The summed E-state index contributed by atoms with van der Waals surface area (Å²) in [5, 5.41) is 12.6. The summed E-state index contributed by atoms with van der Waals surface area (Å²) >= 11 is 0. The van der Waals surface area contributed by atoms with E-state index in [2.05, 4.69) is 25.2 Å². The fourth-order valence-electron chi connectivity index (χ4n) is 2.74. The number of rotatable bonds is 5. The van der Waals surface area contributed by atoms with Gasteiger partial charge in [0.2, 0.25) is 0 Å². The zero-order valence-corrected chi connectivity index (χ0v) is 11.9. The molecule has 1 fully saturated rings. The number of nitrogens with zero attached hydrogens (tertiary/aromatic N) is 1. The summed E-state index contributed by atoms with van der Waals surface area (Å²) in [4.78, 5) is 0. The van der Waals surface area contributed by atoms with Gasteiger partial charge in [0.25, 0.3) is 0 Å². The zero-order valence-electron chi connectivity index (χ0n) is 11.9. The van der Waals surface area contributed by atoms with Gasteiger partial charge in [-0.25, -0.2) is 0 Å². The van der Waals surface area contributed by atoms with Crippen molar-refractivity contribution >= 4 is 0 Å². The molecule has 0 amide bonds. The van der Waals surface area contributed by atoms with Crippen molar-refractivity contribution in [1.82, 2.24) is 5.32 Å². The molecule has 0 heterocycles. The van der Waals surface area contributed by atoms with Crippen LogP contribution >= 0.6 is 0 Å². The first kappa shape index (κ1) is 14.5. The van der Waals surface area contributed by atoms with Crippen LogP contribution in [0.3, 0.4) is 0 Å². The van der Waals surface area contributed by atoms with Gasteiger partial charge < -0.3 is 5.32 Å². The van der Waals surface area contributed by atoms with Crippen molar-refractivity contribution in [3.8, 4) is 6.07 Å². The predicted octanol–water partition coefficient (Wildman–Crippen LogP) is 3.73. The van der Waals surface area contributed by atoms with Gasteiger partial charge in [0, 0.05) is 6.04 Å². The normalized spacial score (nSPS) is 29.9. The standard InChI is InChI=1S/C15H28N2/c1-12-7-5-8-14(13(12)2)17-10-6-9-15(3,4)11-16/h12-14,17H,5-10H2,1-4H3. The molecule has 17 heavy (non-hydrogen) atoms. The van der Waals surface area contributed by atoms with Gasteiger partial charge in [0.05, 0.1) is 11.5 Å². The van der Waals surface area contributed by atoms with Crippen LogP contribution in [-0.2, 0) is 0 Å². The lowest BCUT2D eigenvalue weighted by Gasteiger charge is -2.35. The SMILES string of the molecule is CC1CCCC(NCCCC(C)(C)C#N)C1C. The first-order valence-corrected chi connectivity index (χ1v) is 7.11. The van der Waals surface area contributed by atoms with Crippen molar-refractivity contribution < 1.29 is 0 Å². The Kier molecular flexibility index (Phi) is 5.46. The maximum absolute atomic E-state index is 8.95. The average Bonchev–Trinajstić information content (AvgIpc) is 2.30. The van der Waals surface area contributed by atoms with Crippen molar-refractivity contribution in [2.45, 2.75) is 65.8 Å². The lowest BCUT2D eigenvalue weighted by molar-refractivity contribution is 0.205. The molecule has 1 saturated carbocycles. The molecule has 98 valence electrons. The molecule has 0 spiro atoms. The third kappa shape index (κ3) is 4.68. The summed E-state index contributed by atoms with van der Waals surface area (Å²) in [6, 6.07) is 3.07. The topological polar surface area (TPSA) is 35.8 Å². The van der Waals surface area contributed by atoms with Gasteiger partial charge in [-0.1, -0.05) is 26.7 Å². The molecule has 0 radical (unpaired) electrons. The highest BCUT2D eigenvalue weighted by Crippen LogP contribution is 2.29. The van der Waals surface area contributed by atoms with Crippen LogP contribution in [0.5, 0.6) is 0 Å². The van der Waals surface area contributed by atoms with Crippen molar-refractivity contribution in [3.05, 3.63) is 0 Å². The monoisotopic (exact) mass is 236 g/mol. The third-order valence-corrected chi connectivity index (χ3v) is 4.39. The van der Waals surface area contributed by atoms with E-state index in [0.717, 1.165) is 31.2 Å². The molecule has 1 N–H and O–H groups in total. The fourth-order valence-corrected chi connectivity index (χ4v) is 2.74. The Labute approximate surface area is 107 Å². The highest BCUT2D eigenvalue weighted by Gasteiger charge is 2.26. The van der Waals surface area contributed by atoms with Gasteiger partial charge in [0.1, 0.15) is 0 Å². The maximum atomic E-state index is 8.95. The maximum Gasteiger partial charge on any atom is 0.0683 e. The van der Waals surface area contributed by atoms with Crippen LogP contribution in [0.25, 0.3) is 0 Å². The molecule has 0 aliphatic heterocycles. The lowest BCUT2D eigenvalue weighted by Crippen LogP contribution is -2.41. The molecule has 1 aliphatic rings. The molecule has 3 unspecified atom stereocenters. The molecule has 0 aromatic carbocycles. The van der Waals surface area contributed by atoms with Crippen molar-refractivity contribution in [3.63, 3.8) is 0 Å². The van der Waals surface area contributed by atoms with Crippen LogP contribution in [0.2, 0.25) is 0 Å². The molecule has 2 nitrogen and oxygen atoms in total. The summed E-state index contributed by atoms with van der Waals surface area (Å²) in [7, 11) is 0. The highest BCUT2D eigenvalue weighted by atomic mass is 14.9. The minimum absolute atomic E-state index is 0.160. The molecule has 1 aliphatic carbocycles. The van der Waals surface area contributed by atoms with Gasteiger partial charge >= 0.3 is 0 Å². The van der Waals surface area contributed by atoms with Crippen LogP contribution in [-0.4, -0.2) is 12.6 Å². The van der Waals surface area contributed by atoms with E-state index in [1.165, 1.54) is 19.3 Å². The van der Waals surface area contributed by atoms with Gasteiger partial charge in [-0.15, -0.1) is 0 Å². The summed E-state index contributed by atoms with van der Waals surface area (Å²) in [5.41, 5.74) is -0.160. The largest absolute Gasteiger partial charge is 0.314 e. The van der Waals surface area contributed by atoms with E-state index >= 15 is 0 Å². The fraction of sp³-hybridized carbons (Fsp3) is 0.933. The van der Waals surface area contributed by atoms with E-state index in [9.17, 15) is 0 Å². The van der Waals surface area contributed by atoms with Crippen molar-refractivity contribution in [2.75, 3.05) is 6.54 Å². The smallest absolute Gasteiger partial charge is 0.0683 e. The Morgan fingerprint density at radius 3 is 2.65 bits per heavy atom. The molecule has 0 bridgehead atoms. The summed E-state index contributed by atoms with van der Waals surface area (Å²) in [6.07, 6.45) is 6.19. The number of nitriles is 1. The summed E-state index contributed by atoms with van der Waals surface area (Å²) in [5.74, 6) is 1.66. The molecule has 0 aromatic rings. The molecule has 1 rings (SSSR count). The molecular weight excluding hydrogens is 208 g/mol. The van der Waals surface area contributed by atoms with Crippen molar-refractivity contribution in [1.29, 1.82) is 5.26 Å². The highest BCUT2D eigenvalue weighted by molar-refractivity contribution is 4.91. The van der Waals surface area contributed by atoms with Crippen LogP contribution in [0.4, 0.5) is 0 Å². The van der Waals surface area contributed by atoms with E-state index < -0.39 is 0 Å². The van der Waals surface area contributed by atoms with E-state index in [0.29, 0.717) is 6.04 Å². The van der Waals surface area contributed by atoms with Crippen LogP contribution < -0.4 is 5.32 Å². The van der Waals surface area contributed by atoms with E-state index in [-0.39, 0.29) is 5.41 Å². The Bertz CT molecular complexity index is 265. The second kappa shape index (κ2) is 6.40. The second-order valence-corrected chi connectivity index (χ2v) is 6.43. The van der Waals surface area contributed by atoms with Crippen LogP contribution in [0.15, 0.2) is 0 Å². The van der Waals surface area contributed by atoms with E-state index in [1.54, 1.807) is 0 Å². The van der Waals surface area contributed by atoms with Gasteiger partial charge in [-0.2, -0.15) is 5.26 Å². The Hall–Kier alpha value is -0.550.